The number of rotatable bonds is 2. The van der Waals surface area contributed by atoms with Crippen molar-refractivity contribution in [2.75, 3.05) is 11.9 Å². The maximum Gasteiger partial charge on any atom is 0.135 e. The predicted octanol–water partition coefficient (Wildman–Crippen LogP) is 4.09. The molecule has 2 aromatic carbocycles. The highest BCUT2D eigenvalue weighted by Crippen LogP contribution is 2.36. The summed E-state index contributed by atoms with van der Waals surface area (Å²) in [5.41, 5.74) is 3.91. The van der Waals surface area contributed by atoms with Crippen LogP contribution in [0.2, 0.25) is 0 Å². The first-order chi connectivity index (χ1) is 11.1. The van der Waals surface area contributed by atoms with Gasteiger partial charge in [0.25, 0.3) is 0 Å². The summed E-state index contributed by atoms with van der Waals surface area (Å²) < 4.78 is 29.2. The Balaban J connectivity index is 1.94. The molecule has 0 saturated heterocycles. The Hall–Kier alpha value is -2.69. The number of nitrogens with zero attached hydrogens (tertiary/aromatic N) is 2. The molecule has 3 nitrogen and oxygen atoms in total. The molecule has 3 aromatic rings. The van der Waals surface area contributed by atoms with Gasteiger partial charge in [-0.15, -0.1) is 0 Å². The van der Waals surface area contributed by atoms with Crippen molar-refractivity contribution in [1.82, 2.24) is 9.78 Å². The van der Waals surface area contributed by atoms with E-state index in [9.17, 15) is 8.78 Å². The van der Waals surface area contributed by atoms with Crippen molar-refractivity contribution in [3.05, 3.63) is 65.2 Å². The molecule has 0 unspecified atom stereocenters. The molecule has 1 aliphatic rings. The highest BCUT2D eigenvalue weighted by atomic mass is 19.1. The van der Waals surface area contributed by atoms with Crippen molar-refractivity contribution < 1.29 is 8.78 Å². The molecule has 0 radical (unpaired) electrons. The standard InChI is InChI=1S/C18H15F2N3/c1-11-4-2-3-5-16(11)23-18-14(8-9-21-18)17(22-23)13-7-6-12(19)10-15(13)20/h2-7,10,21H,8-9H2,1H3. The zero-order valence-corrected chi connectivity index (χ0v) is 12.6. The fraction of sp³-hybridized carbons (Fsp3) is 0.167. The fourth-order valence-corrected chi connectivity index (χ4v) is 3.05. The van der Waals surface area contributed by atoms with E-state index in [0.717, 1.165) is 41.7 Å². The molecule has 0 atom stereocenters. The Morgan fingerprint density at radius 1 is 1.13 bits per heavy atom. The molecule has 23 heavy (non-hydrogen) atoms. The molecule has 4 rings (SSSR count). The lowest BCUT2D eigenvalue weighted by molar-refractivity contribution is 0.585. The van der Waals surface area contributed by atoms with Crippen LogP contribution in [-0.2, 0) is 6.42 Å². The Bertz CT molecular complexity index is 899. The molecule has 1 aliphatic heterocycles. The summed E-state index contributed by atoms with van der Waals surface area (Å²) in [6.07, 6.45) is 0.771. The van der Waals surface area contributed by atoms with Crippen LogP contribution in [-0.4, -0.2) is 16.3 Å². The Kier molecular flexibility index (Phi) is 3.15. The van der Waals surface area contributed by atoms with E-state index in [1.54, 1.807) is 0 Å². The largest absolute Gasteiger partial charge is 0.369 e. The van der Waals surface area contributed by atoms with Crippen LogP contribution in [0.4, 0.5) is 14.6 Å². The Labute approximate surface area is 132 Å². The summed E-state index contributed by atoms with van der Waals surface area (Å²) in [4.78, 5) is 0. The van der Waals surface area contributed by atoms with E-state index in [2.05, 4.69) is 10.4 Å². The number of anilines is 1. The SMILES string of the molecule is Cc1ccccc1-n1nc(-c2ccc(F)cc2F)c2c1NCC2. The van der Waals surface area contributed by atoms with Gasteiger partial charge in [-0.3, -0.25) is 0 Å². The summed E-state index contributed by atoms with van der Waals surface area (Å²) in [5.74, 6) is -0.286. The second kappa shape index (κ2) is 5.19. The highest BCUT2D eigenvalue weighted by molar-refractivity contribution is 5.73. The van der Waals surface area contributed by atoms with Crippen molar-refractivity contribution in [2.24, 2.45) is 0 Å². The van der Waals surface area contributed by atoms with Crippen LogP contribution >= 0.6 is 0 Å². The van der Waals surface area contributed by atoms with Gasteiger partial charge in [-0.25, -0.2) is 13.5 Å². The third-order valence-corrected chi connectivity index (χ3v) is 4.18. The van der Waals surface area contributed by atoms with E-state index < -0.39 is 11.6 Å². The van der Waals surface area contributed by atoms with E-state index in [-0.39, 0.29) is 0 Å². The average Bonchev–Trinajstić information content (AvgIpc) is 3.11. The molecule has 0 bridgehead atoms. The minimum Gasteiger partial charge on any atom is -0.369 e. The maximum atomic E-state index is 14.2. The van der Waals surface area contributed by atoms with Gasteiger partial charge in [-0.05, 0) is 37.1 Å². The van der Waals surface area contributed by atoms with Crippen molar-refractivity contribution in [3.63, 3.8) is 0 Å². The lowest BCUT2D eigenvalue weighted by atomic mass is 10.1. The lowest BCUT2D eigenvalue weighted by Crippen LogP contribution is -2.05. The first-order valence-electron chi connectivity index (χ1n) is 7.52. The quantitative estimate of drug-likeness (QED) is 0.772. The zero-order valence-electron chi connectivity index (χ0n) is 12.6. The number of benzene rings is 2. The fourth-order valence-electron chi connectivity index (χ4n) is 3.05. The van der Waals surface area contributed by atoms with Crippen LogP contribution < -0.4 is 5.32 Å². The van der Waals surface area contributed by atoms with Crippen molar-refractivity contribution in [1.29, 1.82) is 0 Å². The van der Waals surface area contributed by atoms with Crippen molar-refractivity contribution >= 4 is 5.82 Å². The number of para-hydroxylation sites is 1. The third kappa shape index (κ3) is 2.20. The molecule has 2 heterocycles. The van der Waals surface area contributed by atoms with Gasteiger partial charge in [0, 0.05) is 23.7 Å². The van der Waals surface area contributed by atoms with Crippen LogP contribution in [0.15, 0.2) is 42.5 Å². The van der Waals surface area contributed by atoms with Gasteiger partial charge in [-0.2, -0.15) is 5.10 Å². The number of fused-ring (bicyclic) bond motifs is 1. The minimum absolute atomic E-state index is 0.332. The first kappa shape index (κ1) is 13.9. The van der Waals surface area contributed by atoms with E-state index in [1.807, 2.05) is 35.9 Å². The van der Waals surface area contributed by atoms with E-state index in [1.165, 1.54) is 12.1 Å². The number of hydrogen-bond donors (Lipinski definition) is 1. The molecule has 1 N–H and O–H groups in total. The van der Waals surface area contributed by atoms with Crippen LogP contribution in [0.5, 0.6) is 0 Å². The average molecular weight is 311 g/mol. The summed E-state index contributed by atoms with van der Waals surface area (Å²) in [6, 6.07) is 11.5. The van der Waals surface area contributed by atoms with Gasteiger partial charge in [-0.1, -0.05) is 18.2 Å². The van der Waals surface area contributed by atoms with E-state index in [4.69, 9.17) is 0 Å². The van der Waals surface area contributed by atoms with E-state index in [0.29, 0.717) is 11.3 Å². The molecule has 0 aliphatic carbocycles. The van der Waals surface area contributed by atoms with Crippen molar-refractivity contribution in [2.45, 2.75) is 13.3 Å². The highest BCUT2D eigenvalue weighted by Gasteiger charge is 2.25. The second-order valence-corrected chi connectivity index (χ2v) is 5.68. The minimum atomic E-state index is -0.589. The molecule has 5 heteroatoms. The van der Waals surface area contributed by atoms with Crippen LogP contribution in [0.25, 0.3) is 16.9 Å². The van der Waals surface area contributed by atoms with Gasteiger partial charge < -0.3 is 5.32 Å². The Morgan fingerprint density at radius 2 is 1.96 bits per heavy atom. The number of aromatic nitrogens is 2. The lowest BCUT2D eigenvalue weighted by Gasteiger charge is -2.09. The summed E-state index contributed by atoms with van der Waals surface area (Å²) in [7, 11) is 0. The third-order valence-electron chi connectivity index (χ3n) is 4.18. The molecule has 1 aromatic heterocycles. The summed E-state index contributed by atoms with van der Waals surface area (Å²) >= 11 is 0. The smallest absolute Gasteiger partial charge is 0.135 e. The van der Waals surface area contributed by atoms with Crippen molar-refractivity contribution in [3.8, 4) is 16.9 Å². The molecule has 0 saturated carbocycles. The molecule has 0 spiro atoms. The number of halogens is 2. The maximum absolute atomic E-state index is 14.2. The van der Waals surface area contributed by atoms with Gasteiger partial charge >= 0.3 is 0 Å². The van der Waals surface area contributed by atoms with Gasteiger partial charge in [0.05, 0.1) is 5.69 Å². The summed E-state index contributed by atoms with van der Waals surface area (Å²) in [5, 5.41) is 7.93. The van der Waals surface area contributed by atoms with Crippen LogP contribution in [0.3, 0.4) is 0 Å². The van der Waals surface area contributed by atoms with Gasteiger partial charge in [0.2, 0.25) is 0 Å². The Morgan fingerprint density at radius 3 is 2.74 bits per heavy atom. The molecular weight excluding hydrogens is 296 g/mol. The summed E-state index contributed by atoms with van der Waals surface area (Å²) in [6.45, 7) is 2.80. The molecule has 116 valence electrons. The molecular formula is C18H15F2N3. The number of aryl methyl sites for hydroxylation is 1. The number of hydrogen-bond acceptors (Lipinski definition) is 2. The second-order valence-electron chi connectivity index (χ2n) is 5.68. The van der Waals surface area contributed by atoms with Crippen LogP contribution in [0.1, 0.15) is 11.1 Å². The zero-order chi connectivity index (χ0) is 16.0. The molecule has 0 amide bonds. The van der Waals surface area contributed by atoms with Gasteiger partial charge in [0.15, 0.2) is 0 Å². The van der Waals surface area contributed by atoms with Crippen LogP contribution in [0, 0.1) is 18.6 Å². The normalized spacial score (nSPS) is 13.0. The number of nitrogens with one attached hydrogen (secondary N) is 1. The first-order valence-corrected chi connectivity index (χ1v) is 7.52. The molecule has 0 fully saturated rings. The topological polar surface area (TPSA) is 29.9 Å². The van der Waals surface area contributed by atoms with E-state index >= 15 is 0 Å². The predicted molar refractivity (Wildman–Crippen MR) is 85.8 cm³/mol. The van der Waals surface area contributed by atoms with Gasteiger partial charge in [0.1, 0.15) is 23.1 Å². The monoisotopic (exact) mass is 311 g/mol.